The molecule has 0 aromatic heterocycles. The van der Waals surface area contributed by atoms with Gasteiger partial charge in [-0.25, -0.2) is 8.42 Å². The molecule has 1 aromatic rings. The van der Waals surface area contributed by atoms with E-state index in [2.05, 4.69) is 0 Å². The van der Waals surface area contributed by atoms with Gasteiger partial charge in [-0.15, -0.1) is 0 Å². The number of aliphatic hydroxyl groups excluding tert-OH is 1. The number of halogens is 1. The van der Waals surface area contributed by atoms with Crippen LogP contribution in [0.2, 0.25) is 5.02 Å². The van der Waals surface area contributed by atoms with Crippen molar-refractivity contribution in [2.75, 3.05) is 12.4 Å². The summed E-state index contributed by atoms with van der Waals surface area (Å²) in [4.78, 5) is 0. The second-order valence-corrected chi connectivity index (χ2v) is 7.52. The van der Waals surface area contributed by atoms with Crippen molar-refractivity contribution in [3.8, 4) is 0 Å². The minimum absolute atomic E-state index is 0.0285. The monoisotopic (exact) mass is 289 g/mol. The summed E-state index contributed by atoms with van der Waals surface area (Å²) in [5.41, 5.74) is 5.74. The molecule has 6 heteroatoms. The van der Waals surface area contributed by atoms with Crippen LogP contribution in [0.25, 0.3) is 0 Å². The first-order chi connectivity index (χ1) is 8.36. The van der Waals surface area contributed by atoms with Crippen molar-refractivity contribution in [1.29, 1.82) is 0 Å². The molecule has 1 saturated carbocycles. The molecule has 0 aliphatic heterocycles. The van der Waals surface area contributed by atoms with E-state index in [0.717, 1.165) is 5.56 Å². The van der Waals surface area contributed by atoms with Gasteiger partial charge in [0, 0.05) is 16.7 Å². The van der Waals surface area contributed by atoms with Crippen LogP contribution >= 0.6 is 11.6 Å². The highest BCUT2D eigenvalue weighted by Gasteiger charge is 2.68. The van der Waals surface area contributed by atoms with Crippen LogP contribution < -0.4 is 5.73 Å². The van der Waals surface area contributed by atoms with Gasteiger partial charge in [-0.3, -0.25) is 0 Å². The Morgan fingerprint density at radius 2 is 1.94 bits per heavy atom. The molecule has 0 saturated heterocycles. The van der Waals surface area contributed by atoms with Crippen LogP contribution in [0.3, 0.4) is 0 Å². The molecule has 1 fully saturated rings. The first-order valence-corrected chi connectivity index (χ1v) is 7.83. The zero-order valence-electron chi connectivity index (χ0n) is 10.0. The molecule has 1 aliphatic carbocycles. The molecule has 3 N–H and O–H groups in total. The SMILES string of the molecule is CCS(=O)(=O)[C@H]1[C@@H](c2ccc(Cl)cc2)[C@@]1(N)CO. The van der Waals surface area contributed by atoms with Crippen LogP contribution in [0, 0.1) is 0 Å². The standard InChI is InChI=1S/C12H16ClNO3S/c1-2-18(16,17)11-10(12(11,14)7-15)8-3-5-9(13)6-4-8/h3-6,10-11,15H,2,7,14H2,1H3/t10-,11+,12+/m1/s1. The zero-order valence-corrected chi connectivity index (χ0v) is 11.6. The minimum atomic E-state index is -3.27. The summed E-state index contributed by atoms with van der Waals surface area (Å²) in [5, 5.41) is 9.24. The van der Waals surface area contributed by atoms with Crippen LogP contribution in [0.5, 0.6) is 0 Å². The van der Waals surface area contributed by atoms with E-state index in [1.54, 1.807) is 31.2 Å². The van der Waals surface area contributed by atoms with Gasteiger partial charge in [0.15, 0.2) is 9.84 Å². The second kappa shape index (κ2) is 4.49. The van der Waals surface area contributed by atoms with Crippen molar-refractivity contribution in [3.63, 3.8) is 0 Å². The molecule has 2 rings (SSSR count). The Bertz CT molecular complexity index is 543. The van der Waals surface area contributed by atoms with Gasteiger partial charge in [0.25, 0.3) is 0 Å². The molecule has 0 unspecified atom stereocenters. The normalized spacial score (nSPS) is 31.3. The Kier molecular flexibility index (Phi) is 3.44. The summed E-state index contributed by atoms with van der Waals surface area (Å²) in [6.07, 6.45) is 0. The summed E-state index contributed by atoms with van der Waals surface area (Å²) in [7, 11) is -3.27. The quantitative estimate of drug-likeness (QED) is 0.864. The Morgan fingerprint density at radius 3 is 2.39 bits per heavy atom. The number of aliphatic hydroxyl groups is 1. The third-order valence-corrected chi connectivity index (χ3v) is 6.14. The fourth-order valence-electron chi connectivity index (χ4n) is 2.49. The predicted octanol–water partition coefficient (Wildman–Crippen LogP) is 0.930. The number of rotatable bonds is 4. The molecule has 100 valence electrons. The average molecular weight is 290 g/mol. The lowest BCUT2D eigenvalue weighted by Gasteiger charge is -2.07. The zero-order chi connectivity index (χ0) is 13.6. The summed E-state index contributed by atoms with van der Waals surface area (Å²) >= 11 is 5.80. The molecule has 4 nitrogen and oxygen atoms in total. The lowest BCUT2D eigenvalue weighted by molar-refractivity contribution is 0.253. The van der Waals surface area contributed by atoms with Crippen molar-refractivity contribution < 1.29 is 13.5 Å². The number of hydrogen-bond donors (Lipinski definition) is 2. The van der Waals surface area contributed by atoms with E-state index in [1.165, 1.54) is 0 Å². The van der Waals surface area contributed by atoms with Gasteiger partial charge in [0.05, 0.1) is 17.4 Å². The third kappa shape index (κ3) is 2.05. The molecule has 0 heterocycles. The largest absolute Gasteiger partial charge is 0.394 e. The van der Waals surface area contributed by atoms with E-state index in [1.807, 2.05) is 0 Å². The molecule has 0 radical (unpaired) electrons. The molecule has 0 bridgehead atoms. The van der Waals surface area contributed by atoms with Crippen LogP contribution in [0.4, 0.5) is 0 Å². The van der Waals surface area contributed by atoms with Crippen molar-refractivity contribution in [1.82, 2.24) is 0 Å². The van der Waals surface area contributed by atoms with Gasteiger partial charge in [-0.2, -0.15) is 0 Å². The smallest absolute Gasteiger partial charge is 0.155 e. The van der Waals surface area contributed by atoms with Crippen molar-refractivity contribution >= 4 is 21.4 Å². The van der Waals surface area contributed by atoms with E-state index < -0.39 is 20.6 Å². The molecule has 1 aliphatic rings. The summed E-state index contributed by atoms with van der Waals surface area (Å²) in [5.74, 6) is -0.328. The van der Waals surface area contributed by atoms with Gasteiger partial charge in [-0.1, -0.05) is 30.7 Å². The third-order valence-electron chi connectivity index (χ3n) is 3.59. The minimum Gasteiger partial charge on any atom is -0.394 e. The average Bonchev–Trinajstić information content (AvgIpc) is 2.98. The summed E-state index contributed by atoms with van der Waals surface area (Å²) in [6.45, 7) is 1.24. The maximum absolute atomic E-state index is 12.0. The molecule has 3 atom stereocenters. The van der Waals surface area contributed by atoms with Crippen molar-refractivity contribution in [2.24, 2.45) is 5.73 Å². The Hall–Kier alpha value is -0.620. The highest BCUT2D eigenvalue weighted by molar-refractivity contribution is 7.92. The van der Waals surface area contributed by atoms with Gasteiger partial charge >= 0.3 is 0 Å². The highest BCUT2D eigenvalue weighted by atomic mass is 35.5. The van der Waals surface area contributed by atoms with Crippen molar-refractivity contribution in [2.45, 2.75) is 23.6 Å². The summed E-state index contributed by atoms with van der Waals surface area (Å²) < 4.78 is 23.9. The molecule has 0 amide bonds. The van der Waals surface area contributed by atoms with Crippen molar-refractivity contribution in [3.05, 3.63) is 34.9 Å². The van der Waals surface area contributed by atoms with Gasteiger partial charge < -0.3 is 10.8 Å². The lowest BCUT2D eigenvalue weighted by Crippen LogP contribution is -2.35. The molecular weight excluding hydrogens is 274 g/mol. The Balaban J connectivity index is 2.37. The number of hydrogen-bond acceptors (Lipinski definition) is 4. The fraction of sp³-hybridized carbons (Fsp3) is 0.500. The van der Waals surface area contributed by atoms with Crippen LogP contribution in [-0.4, -0.2) is 36.7 Å². The number of benzene rings is 1. The number of sulfone groups is 1. The second-order valence-electron chi connectivity index (χ2n) is 4.67. The molecule has 18 heavy (non-hydrogen) atoms. The van der Waals surface area contributed by atoms with E-state index in [-0.39, 0.29) is 18.3 Å². The molecular formula is C12H16ClNO3S. The summed E-state index contributed by atoms with van der Waals surface area (Å²) in [6, 6.07) is 6.91. The molecule has 1 aromatic carbocycles. The van der Waals surface area contributed by atoms with Gasteiger partial charge in [-0.05, 0) is 17.7 Å². The van der Waals surface area contributed by atoms with Crippen LogP contribution in [0.1, 0.15) is 18.4 Å². The topological polar surface area (TPSA) is 80.4 Å². The highest BCUT2D eigenvalue weighted by Crippen LogP contribution is 2.54. The predicted molar refractivity (Wildman–Crippen MR) is 71.4 cm³/mol. The van der Waals surface area contributed by atoms with Crippen LogP contribution in [-0.2, 0) is 9.84 Å². The van der Waals surface area contributed by atoms with E-state index >= 15 is 0 Å². The maximum Gasteiger partial charge on any atom is 0.155 e. The fourth-order valence-corrected chi connectivity index (χ4v) is 4.61. The van der Waals surface area contributed by atoms with Gasteiger partial charge in [0.1, 0.15) is 0 Å². The van der Waals surface area contributed by atoms with E-state index in [9.17, 15) is 13.5 Å². The Labute approximate surface area is 112 Å². The van der Waals surface area contributed by atoms with Crippen LogP contribution in [0.15, 0.2) is 24.3 Å². The maximum atomic E-state index is 12.0. The number of nitrogens with two attached hydrogens (primary N) is 1. The first kappa shape index (κ1) is 13.8. The van der Waals surface area contributed by atoms with Gasteiger partial charge in [0.2, 0.25) is 0 Å². The van der Waals surface area contributed by atoms with E-state index in [4.69, 9.17) is 17.3 Å². The Morgan fingerprint density at radius 1 is 1.39 bits per heavy atom. The lowest BCUT2D eigenvalue weighted by atomic mass is 10.1. The van der Waals surface area contributed by atoms with E-state index in [0.29, 0.717) is 5.02 Å². The molecule has 0 spiro atoms. The first-order valence-electron chi connectivity index (χ1n) is 5.73.